The minimum absolute atomic E-state index is 0.00219. The predicted molar refractivity (Wildman–Crippen MR) is 325 cm³/mol. The van der Waals surface area contributed by atoms with Crippen molar-refractivity contribution in [2.75, 3.05) is 54.8 Å². The number of nitrogens with zero attached hydrogens (tertiary/aromatic N) is 8. The van der Waals surface area contributed by atoms with Crippen LogP contribution >= 0.6 is 0 Å². The van der Waals surface area contributed by atoms with E-state index in [1.54, 1.807) is 31.5 Å². The Morgan fingerprint density at radius 3 is 2.23 bits per heavy atom. The van der Waals surface area contributed by atoms with Crippen LogP contribution in [0.3, 0.4) is 0 Å². The van der Waals surface area contributed by atoms with Gasteiger partial charge in [0, 0.05) is 91.2 Å². The highest BCUT2D eigenvalue weighted by molar-refractivity contribution is 6.25. The van der Waals surface area contributed by atoms with E-state index in [-0.39, 0.29) is 89.3 Å². The molecule has 4 N–H and O–H groups in total. The quantitative estimate of drug-likeness (QED) is 0.0817. The average Bonchev–Trinajstić information content (AvgIpc) is 1.58. The zero-order valence-electron chi connectivity index (χ0n) is 50.3. The summed E-state index contributed by atoms with van der Waals surface area (Å²) < 4.78 is 18.0. The second-order valence-electron chi connectivity index (χ2n) is 26.2. The topological polar surface area (TPSA) is 232 Å². The van der Waals surface area contributed by atoms with Gasteiger partial charge in [-0.3, -0.25) is 48.6 Å². The van der Waals surface area contributed by atoms with Gasteiger partial charge < -0.3 is 40.1 Å². The number of rotatable bonds is 13. The van der Waals surface area contributed by atoms with E-state index in [1.165, 1.54) is 31.4 Å². The molecule has 8 amide bonds. The first-order valence-electron chi connectivity index (χ1n) is 31.5. The molecule has 5 aromatic rings. The number of aromatic nitrogens is 3. The number of carbonyl (C=O) groups is 8. The Kier molecular flexibility index (Phi) is 15.3. The maximum Gasteiger partial charge on any atom is 0.264 e. The van der Waals surface area contributed by atoms with Gasteiger partial charge >= 0.3 is 0 Å². The number of halogens is 1. The van der Waals surface area contributed by atoms with E-state index in [0.29, 0.717) is 117 Å². The van der Waals surface area contributed by atoms with E-state index in [1.807, 2.05) is 54.2 Å². The second kappa shape index (κ2) is 22.9. The van der Waals surface area contributed by atoms with Gasteiger partial charge in [-0.05, 0) is 172 Å². The van der Waals surface area contributed by atoms with E-state index in [9.17, 15) is 33.6 Å². The van der Waals surface area contributed by atoms with Gasteiger partial charge in [0.15, 0.2) is 5.82 Å². The van der Waals surface area contributed by atoms with Gasteiger partial charge in [0.2, 0.25) is 29.5 Å². The lowest BCUT2D eigenvalue weighted by molar-refractivity contribution is -0.140. The van der Waals surface area contributed by atoms with E-state index in [0.717, 1.165) is 47.6 Å². The summed E-state index contributed by atoms with van der Waals surface area (Å²) in [6.07, 6.45) is 11.3. The highest BCUT2D eigenvalue weighted by Crippen LogP contribution is 2.53. The number of carbonyl (C=O) groups excluding carboxylic acids is 8. The standard InChI is InChI=1S/C66H77FN12O8/c1-36(2)69-59(81)46-32-51(48(67)28-38(46)5)72-58-57-52(68-35-77(57)37(3)4)33-50(71-58)40-14-17-47-54(29-40)78(44-30-43(31-44)74-23-7-6-8-24-74)65(87)66(47)21-26-75(27-22-66)62(84)41-20-25-76(34-41)61(83)39-12-15-42(16-13-39)70-49-11-9-10-45-56(49)64(86)79(63(45)85)53-18-19-55(80)73-60(53)82/h9-11,14,17,28-29,32-33,35-37,39,41-44,53,70H,6-8,12-13,15-16,18-27,30-31,34H2,1-5H3,(H,69,81)(H,71,72)(H,73,80,82)/t39?,41-,42?,43?,44?,53?/m1/s1. The summed E-state index contributed by atoms with van der Waals surface area (Å²) in [6, 6.07) is 15.2. The van der Waals surface area contributed by atoms with Crippen LogP contribution in [0, 0.1) is 24.6 Å². The molecule has 2 aliphatic carbocycles. The Balaban J connectivity index is 0.691. The van der Waals surface area contributed by atoms with Crippen LogP contribution in [0.5, 0.6) is 0 Å². The fourth-order valence-electron chi connectivity index (χ4n) is 15.2. The van der Waals surface area contributed by atoms with Crippen LogP contribution in [0.4, 0.5) is 27.3 Å². The molecule has 456 valence electrons. The van der Waals surface area contributed by atoms with Gasteiger partial charge in [0.05, 0.1) is 45.7 Å². The molecular formula is C66H77FN12O8. The Morgan fingerprint density at radius 2 is 1.51 bits per heavy atom. The molecule has 2 saturated carbocycles. The molecule has 1 unspecified atom stereocenters. The molecule has 0 radical (unpaired) electrons. The Morgan fingerprint density at radius 1 is 0.759 bits per heavy atom. The third kappa shape index (κ3) is 10.4. The van der Waals surface area contributed by atoms with Crippen LogP contribution in [0.25, 0.3) is 22.3 Å². The smallest absolute Gasteiger partial charge is 0.264 e. The summed E-state index contributed by atoms with van der Waals surface area (Å²) in [6.45, 7) is 13.3. The van der Waals surface area contributed by atoms with Crippen LogP contribution in [-0.2, 0) is 29.4 Å². The summed E-state index contributed by atoms with van der Waals surface area (Å²) in [4.78, 5) is 128. The molecule has 0 bridgehead atoms. The van der Waals surface area contributed by atoms with E-state index in [4.69, 9.17) is 9.97 Å². The van der Waals surface area contributed by atoms with Crippen molar-refractivity contribution in [1.29, 1.82) is 0 Å². The number of nitrogens with one attached hydrogen (secondary N) is 4. The van der Waals surface area contributed by atoms with E-state index in [2.05, 4.69) is 43.2 Å². The SMILES string of the molecule is Cc1cc(F)c(Nc2nc(-c3ccc4c(c3)N(C3CC(N5CCCCC5)C3)C(=O)C43CCN(C(=O)[C@@H]4CCN(C(=O)C5CCC(Nc6cccc7c6C(=O)N(C6CCC(=O)NC6=O)C7=O)CC5)C4)CC3)cc3ncn(C(C)C)c23)cc1C(=O)NC(C)C. The highest BCUT2D eigenvalue weighted by Gasteiger charge is 2.56. The van der Waals surface area contributed by atoms with Gasteiger partial charge in [-0.15, -0.1) is 0 Å². The van der Waals surface area contributed by atoms with Crippen molar-refractivity contribution in [1.82, 2.24) is 44.8 Å². The van der Waals surface area contributed by atoms with Crippen molar-refractivity contribution in [3.8, 4) is 11.3 Å². The fraction of sp³-hybridized carbons (Fsp3) is 0.515. The van der Waals surface area contributed by atoms with Gasteiger partial charge in [-0.25, -0.2) is 14.4 Å². The first-order valence-corrected chi connectivity index (χ1v) is 31.5. The summed E-state index contributed by atoms with van der Waals surface area (Å²) in [5, 5.41) is 11.9. The number of anilines is 4. The molecule has 8 aliphatic rings. The molecule has 8 heterocycles. The van der Waals surface area contributed by atoms with Gasteiger partial charge in [-0.1, -0.05) is 24.6 Å². The zero-order valence-corrected chi connectivity index (χ0v) is 50.3. The number of amides is 8. The van der Waals surface area contributed by atoms with Crippen molar-refractivity contribution in [3.05, 3.63) is 94.6 Å². The Labute approximate surface area is 505 Å². The molecule has 13 rings (SSSR count). The minimum atomic E-state index is -1.06. The van der Waals surface area contributed by atoms with Gasteiger partial charge in [0.1, 0.15) is 17.4 Å². The van der Waals surface area contributed by atoms with Crippen molar-refractivity contribution in [3.63, 3.8) is 0 Å². The molecule has 3 aromatic carbocycles. The zero-order chi connectivity index (χ0) is 60.7. The summed E-state index contributed by atoms with van der Waals surface area (Å²) >= 11 is 0. The number of imide groups is 2. The fourth-order valence-corrected chi connectivity index (χ4v) is 15.2. The van der Waals surface area contributed by atoms with Gasteiger partial charge in [0.25, 0.3) is 17.7 Å². The van der Waals surface area contributed by atoms with Crippen LogP contribution in [-0.4, -0.2) is 151 Å². The number of piperidine rings is 3. The first-order chi connectivity index (χ1) is 41.8. The Bertz CT molecular complexity index is 3660. The third-order valence-electron chi connectivity index (χ3n) is 20.1. The molecule has 4 saturated heterocycles. The summed E-state index contributed by atoms with van der Waals surface area (Å²) in [5.41, 5.74) is 5.54. The molecule has 6 fully saturated rings. The number of pyridine rings is 1. The molecule has 20 nitrogen and oxygen atoms in total. The normalized spacial score (nSPS) is 24.7. The first kappa shape index (κ1) is 58.0. The molecule has 87 heavy (non-hydrogen) atoms. The van der Waals surface area contributed by atoms with Crippen LogP contribution in [0.2, 0.25) is 0 Å². The maximum absolute atomic E-state index is 16.0. The molecule has 21 heteroatoms. The lowest BCUT2D eigenvalue weighted by Crippen LogP contribution is -2.58. The highest BCUT2D eigenvalue weighted by atomic mass is 19.1. The summed E-state index contributed by atoms with van der Waals surface area (Å²) in [5.74, 6) is -3.12. The number of fused-ring (bicyclic) bond motifs is 4. The molecule has 1 spiro atoms. The third-order valence-corrected chi connectivity index (χ3v) is 20.1. The van der Waals surface area contributed by atoms with Crippen molar-refractivity contribution < 1.29 is 42.7 Å². The number of hydrogen-bond donors (Lipinski definition) is 4. The van der Waals surface area contributed by atoms with Crippen molar-refractivity contribution in [2.45, 2.75) is 166 Å². The maximum atomic E-state index is 16.0. The van der Waals surface area contributed by atoms with E-state index >= 15 is 9.18 Å². The average molecular weight is 1190 g/mol. The molecule has 2 atom stereocenters. The number of benzene rings is 3. The summed E-state index contributed by atoms with van der Waals surface area (Å²) in [7, 11) is 0. The predicted octanol–water partition coefficient (Wildman–Crippen LogP) is 8.15. The largest absolute Gasteiger partial charge is 0.382 e. The number of likely N-dealkylation sites (tertiary alicyclic amines) is 3. The second-order valence-corrected chi connectivity index (χ2v) is 26.2. The molecular weight excluding hydrogens is 1110 g/mol. The minimum Gasteiger partial charge on any atom is -0.382 e. The number of hydrogen-bond acceptors (Lipinski definition) is 13. The van der Waals surface area contributed by atoms with Gasteiger partial charge in [-0.2, -0.15) is 0 Å². The molecule has 2 aromatic heterocycles. The lowest BCUT2D eigenvalue weighted by atomic mass is 9.73. The molecule has 6 aliphatic heterocycles. The van der Waals surface area contributed by atoms with Crippen molar-refractivity contribution >= 4 is 81.2 Å². The van der Waals surface area contributed by atoms with Crippen LogP contribution in [0.1, 0.15) is 166 Å². The van der Waals surface area contributed by atoms with Crippen LogP contribution in [0.15, 0.2) is 60.9 Å². The van der Waals surface area contributed by atoms with Crippen molar-refractivity contribution in [2.24, 2.45) is 11.8 Å². The Hall–Kier alpha value is -8.07. The van der Waals surface area contributed by atoms with E-state index < -0.39 is 40.9 Å². The lowest BCUT2D eigenvalue weighted by Gasteiger charge is -2.48. The number of aryl methyl sites for hydroxylation is 1. The monoisotopic (exact) mass is 1180 g/mol. The number of imidazole rings is 1. The van der Waals surface area contributed by atoms with Crippen LogP contribution < -0.4 is 26.2 Å².